The molecule has 9 N–H and O–H groups in total. The molecule has 30 heavy (non-hydrogen) atoms. The van der Waals surface area contributed by atoms with Crippen LogP contribution in [-0.4, -0.2) is 58.8 Å². The van der Waals surface area contributed by atoms with Crippen molar-refractivity contribution in [3.63, 3.8) is 0 Å². The average Bonchev–Trinajstić information content (AvgIpc) is 2.75. The SMILES string of the molecule is Nc1ccn([C@@H]2O[C@](N)(COP(=O)(O)OP(=O)(O)OP(=O)(O)O)[C@@H](O)[C@H]2F)c(=O)n1. The van der Waals surface area contributed by atoms with Gasteiger partial charge in [-0.3, -0.25) is 14.8 Å². The van der Waals surface area contributed by atoms with E-state index in [9.17, 15) is 32.9 Å². The van der Waals surface area contributed by atoms with Crippen LogP contribution in [0, 0.1) is 0 Å². The molecule has 6 atom stereocenters. The van der Waals surface area contributed by atoms with Gasteiger partial charge in [0.15, 0.2) is 18.1 Å². The average molecular weight is 500 g/mol. The van der Waals surface area contributed by atoms with Crippen molar-refractivity contribution < 1.29 is 60.6 Å². The van der Waals surface area contributed by atoms with E-state index in [0.29, 0.717) is 4.57 Å². The Labute approximate surface area is 165 Å². The topological polar surface area (TPSA) is 276 Å². The summed E-state index contributed by atoms with van der Waals surface area (Å²) in [5, 5.41) is 9.97. The van der Waals surface area contributed by atoms with Crippen molar-refractivity contribution in [2.75, 3.05) is 12.3 Å². The summed E-state index contributed by atoms with van der Waals surface area (Å²) in [7, 11) is -17.0. The number of ether oxygens (including phenoxy) is 1. The fourth-order valence-corrected chi connectivity index (χ4v) is 5.28. The highest BCUT2D eigenvalue weighted by Crippen LogP contribution is 2.66. The van der Waals surface area contributed by atoms with E-state index in [0.717, 1.165) is 12.3 Å². The van der Waals surface area contributed by atoms with Crippen molar-refractivity contribution in [3.8, 4) is 0 Å². The van der Waals surface area contributed by atoms with Gasteiger partial charge < -0.3 is 35.2 Å². The van der Waals surface area contributed by atoms with Crippen molar-refractivity contribution in [2.24, 2.45) is 5.73 Å². The third-order valence-corrected chi connectivity index (χ3v) is 7.19. The molecular weight excluding hydrogens is 484 g/mol. The number of aliphatic hydroxyl groups is 1. The predicted octanol–water partition coefficient (Wildman–Crippen LogP) is -1.95. The summed E-state index contributed by atoms with van der Waals surface area (Å²) in [5.41, 5.74) is 7.23. The van der Waals surface area contributed by atoms with Gasteiger partial charge in [0.25, 0.3) is 0 Å². The first-order valence-corrected chi connectivity index (χ1v) is 11.9. The zero-order chi connectivity index (χ0) is 23.1. The minimum atomic E-state index is -5.80. The highest BCUT2D eigenvalue weighted by atomic mass is 31.3. The molecule has 172 valence electrons. The lowest BCUT2D eigenvalue weighted by Gasteiger charge is -2.27. The summed E-state index contributed by atoms with van der Waals surface area (Å²) >= 11 is 0. The lowest BCUT2D eigenvalue weighted by Crippen LogP contribution is -2.54. The zero-order valence-corrected chi connectivity index (χ0v) is 17.0. The van der Waals surface area contributed by atoms with Gasteiger partial charge in [-0.25, -0.2) is 22.9 Å². The molecule has 0 aliphatic carbocycles. The largest absolute Gasteiger partial charge is 0.490 e. The Balaban J connectivity index is 2.14. The van der Waals surface area contributed by atoms with Crippen molar-refractivity contribution in [3.05, 3.63) is 22.7 Å². The number of nitrogens with two attached hydrogens (primary N) is 2. The van der Waals surface area contributed by atoms with E-state index in [2.05, 4.69) is 18.1 Å². The fraction of sp³-hybridized carbons (Fsp3) is 0.556. The molecule has 2 unspecified atom stereocenters. The van der Waals surface area contributed by atoms with Crippen LogP contribution < -0.4 is 17.2 Å². The number of hydrogen-bond acceptors (Lipinski definition) is 12. The second-order valence-corrected chi connectivity index (χ2v) is 10.2. The van der Waals surface area contributed by atoms with Crippen LogP contribution in [0.4, 0.5) is 10.2 Å². The van der Waals surface area contributed by atoms with Gasteiger partial charge in [-0.2, -0.15) is 13.6 Å². The molecule has 1 aliphatic rings. The maximum Gasteiger partial charge on any atom is 0.490 e. The summed E-state index contributed by atoms with van der Waals surface area (Å²) in [5.74, 6) is -0.197. The normalized spacial score (nSPS) is 31.2. The van der Waals surface area contributed by atoms with Crippen LogP contribution in [0.15, 0.2) is 17.1 Å². The van der Waals surface area contributed by atoms with Gasteiger partial charge >= 0.3 is 29.2 Å². The molecule has 0 radical (unpaired) electrons. The summed E-state index contributed by atoms with van der Waals surface area (Å²) in [6, 6.07) is 1.10. The van der Waals surface area contributed by atoms with Crippen LogP contribution in [0.3, 0.4) is 0 Å². The number of phosphoric ester groups is 1. The van der Waals surface area contributed by atoms with Gasteiger partial charge in [0.05, 0.1) is 0 Å². The molecule has 1 saturated heterocycles. The number of nitrogen functional groups attached to an aromatic ring is 1. The number of rotatable bonds is 8. The second-order valence-electron chi connectivity index (χ2n) is 5.76. The van der Waals surface area contributed by atoms with Gasteiger partial charge in [0.2, 0.25) is 0 Å². The number of nitrogens with zero attached hydrogens (tertiary/aromatic N) is 2. The molecule has 1 aromatic heterocycles. The first kappa shape index (κ1) is 25.2. The van der Waals surface area contributed by atoms with Crippen molar-refractivity contribution in [1.29, 1.82) is 0 Å². The van der Waals surface area contributed by atoms with E-state index in [4.69, 9.17) is 30.9 Å². The minimum Gasteiger partial charge on any atom is -0.385 e. The maximum atomic E-state index is 14.4. The van der Waals surface area contributed by atoms with Crippen LogP contribution in [0.25, 0.3) is 0 Å². The van der Waals surface area contributed by atoms with Crippen molar-refractivity contribution >= 4 is 29.3 Å². The van der Waals surface area contributed by atoms with E-state index in [1.165, 1.54) is 0 Å². The third-order valence-electron chi connectivity index (χ3n) is 3.41. The van der Waals surface area contributed by atoms with Gasteiger partial charge in [-0.05, 0) is 6.07 Å². The number of aromatic nitrogens is 2. The standard InChI is InChI=1S/C9H16FN4O13P3/c10-5-6(15)9(12,25-7(5)14-2-1-4(11)13-8(14)16)3-24-29(20,21)27-30(22,23)26-28(17,18)19/h1-2,5-7,15H,3,12H2,(H,20,21)(H,22,23)(H2,11,13,16)(H2,17,18,19)/t5-,6+,7-,9-/m1/s1. The van der Waals surface area contributed by atoms with Gasteiger partial charge in [0.1, 0.15) is 18.5 Å². The second kappa shape index (κ2) is 8.44. The summed E-state index contributed by atoms with van der Waals surface area (Å²) < 4.78 is 64.8. The zero-order valence-electron chi connectivity index (χ0n) is 14.4. The lowest BCUT2D eigenvalue weighted by molar-refractivity contribution is -0.123. The molecule has 0 amide bonds. The highest BCUT2D eigenvalue weighted by Gasteiger charge is 2.55. The van der Waals surface area contributed by atoms with Crippen LogP contribution in [0.5, 0.6) is 0 Å². The lowest BCUT2D eigenvalue weighted by atomic mass is 10.1. The molecule has 0 saturated carbocycles. The quantitative estimate of drug-likeness (QED) is 0.191. The third kappa shape index (κ3) is 6.21. The Hall–Kier alpha value is -1.10. The number of phosphoric acid groups is 3. The Kier molecular flexibility index (Phi) is 7.08. The number of halogens is 1. The summed E-state index contributed by atoms with van der Waals surface area (Å²) in [6.45, 7) is -1.36. The molecule has 0 spiro atoms. The Morgan fingerprint density at radius 3 is 2.37 bits per heavy atom. The predicted molar refractivity (Wildman–Crippen MR) is 90.7 cm³/mol. The first-order valence-electron chi connectivity index (χ1n) is 7.37. The van der Waals surface area contributed by atoms with Crippen molar-refractivity contribution in [2.45, 2.75) is 24.2 Å². The van der Waals surface area contributed by atoms with Crippen molar-refractivity contribution in [1.82, 2.24) is 9.55 Å². The maximum absolute atomic E-state index is 14.4. The Morgan fingerprint density at radius 2 is 1.83 bits per heavy atom. The van der Waals surface area contributed by atoms with Crippen LogP contribution in [0.2, 0.25) is 0 Å². The van der Waals surface area contributed by atoms with Crippen LogP contribution in [0.1, 0.15) is 6.23 Å². The van der Waals surface area contributed by atoms with Crippen LogP contribution in [-0.2, 0) is 31.6 Å². The minimum absolute atomic E-state index is 0.197. The molecule has 2 rings (SSSR count). The summed E-state index contributed by atoms with van der Waals surface area (Å²) in [6.07, 6.45) is -5.51. The fourth-order valence-electron chi connectivity index (χ4n) is 2.22. The number of alkyl halides is 1. The molecule has 1 aromatic rings. The van der Waals surface area contributed by atoms with Gasteiger partial charge in [-0.15, -0.1) is 0 Å². The number of aliphatic hydroxyl groups excluding tert-OH is 1. The monoisotopic (exact) mass is 500 g/mol. The molecule has 1 aliphatic heterocycles. The van der Waals surface area contributed by atoms with Crippen LogP contribution >= 0.6 is 23.5 Å². The van der Waals surface area contributed by atoms with Gasteiger partial charge in [-0.1, -0.05) is 0 Å². The van der Waals surface area contributed by atoms with E-state index in [1.807, 2.05) is 0 Å². The smallest absolute Gasteiger partial charge is 0.385 e. The van der Waals surface area contributed by atoms with E-state index in [-0.39, 0.29) is 5.82 Å². The molecule has 1 fully saturated rings. The number of anilines is 1. The molecule has 0 bridgehead atoms. The Morgan fingerprint density at radius 1 is 1.23 bits per heavy atom. The summed E-state index contributed by atoms with van der Waals surface area (Å²) in [4.78, 5) is 50.5. The molecular formula is C9H16FN4O13P3. The molecule has 2 heterocycles. The number of hydrogen-bond donors (Lipinski definition) is 7. The van der Waals surface area contributed by atoms with E-state index in [1.54, 1.807) is 0 Å². The molecule has 21 heteroatoms. The molecule has 0 aromatic carbocycles. The first-order chi connectivity index (χ1) is 13.4. The Bertz CT molecular complexity index is 1000. The van der Waals surface area contributed by atoms with E-state index >= 15 is 0 Å². The van der Waals surface area contributed by atoms with E-state index < -0.39 is 60.0 Å². The highest BCUT2D eigenvalue weighted by molar-refractivity contribution is 7.66. The van der Waals surface area contributed by atoms with Gasteiger partial charge in [0, 0.05) is 6.20 Å². The molecule has 17 nitrogen and oxygen atoms in total.